The van der Waals surface area contributed by atoms with E-state index in [2.05, 4.69) is 16.9 Å². The lowest BCUT2D eigenvalue weighted by Gasteiger charge is -2.27. The second-order valence-electron chi connectivity index (χ2n) is 7.08. The zero-order chi connectivity index (χ0) is 21.0. The molecule has 1 aliphatic rings. The van der Waals surface area contributed by atoms with Crippen LogP contribution >= 0.6 is 11.6 Å². The van der Waals surface area contributed by atoms with E-state index in [9.17, 15) is 9.90 Å². The highest BCUT2D eigenvalue weighted by molar-refractivity contribution is 6.31. The number of allylic oxidation sites excluding steroid dienone is 1. The number of halogens is 1. The first-order valence-electron chi connectivity index (χ1n) is 9.53. The normalized spacial score (nSPS) is 19.7. The van der Waals surface area contributed by atoms with E-state index in [4.69, 9.17) is 16.7 Å². The van der Waals surface area contributed by atoms with Gasteiger partial charge in [-0.1, -0.05) is 42.0 Å². The van der Waals surface area contributed by atoms with Crippen LogP contribution in [0.4, 0.5) is 5.69 Å². The molecule has 29 heavy (non-hydrogen) atoms. The molecule has 2 heterocycles. The summed E-state index contributed by atoms with van der Waals surface area (Å²) in [4.78, 5) is 14.6. The number of hydrogen-bond donors (Lipinski definition) is 2. The van der Waals surface area contributed by atoms with Gasteiger partial charge in [-0.05, 0) is 24.6 Å². The van der Waals surface area contributed by atoms with Crippen LogP contribution in [0.2, 0.25) is 5.02 Å². The lowest BCUT2D eigenvalue weighted by Crippen LogP contribution is -2.44. The molecule has 0 fully saturated rings. The first-order chi connectivity index (χ1) is 13.9. The van der Waals surface area contributed by atoms with E-state index in [-0.39, 0.29) is 12.5 Å². The van der Waals surface area contributed by atoms with Crippen LogP contribution in [-0.4, -0.2) is 44.3 Å². The van der Waals surface area contributed by atoms with Gasteiger partial charge in [0.2, 0.25) is 0 Å². The Hall–Kier alpha value is -2.48. The third-order valence-corrected chi connectivity index (χ3v) is 5.34. The van der Waals surface area contributed by atoms with Gasteiger partial charge < -0.3 is 15.1 Å². The van der Waals surface area contributed by atoms with E-state index in [1.807, 2.05) is 19.1 Å². The Bertz CT molecular complexity index is 926. The number of aliphatic hydroxyl groups excluding tert-OH is 1. The highest BCUT2D eigenvalue weighted by Gasteiger charge is 2.52. The molecule has 8 heteroatoms. The predicted octanol–water partition coefficient (Wildman–Crippen LogP) is 2.47. The van der Waals surface area contributed by atoms with Crippen molar-refractivity contribution in [3.63, 3.8) is 0 Å². The van der Waals surface area contributed by atoms with Crippen LogP contribution in [0.5, 0.6) is 0 Å². The van der Waals surface area contributed by atoms with E-state index >= 15 is 0 Å². The lowest BCUT2D eigenvalue weighted by molar-refractivity contribution is -0.139. The highest BCUT2D eigenvalue weighted by Crippen LogP contribution is 2.46. The summed E-state index contributed by atoms with van der Waals surface area (Å²) in [5.41, 5.74) is 0.230. The molecule has 2 atom stereocenters. The van der Waals surface area contributed by atoms with Gasteiger partial charge in [-0.15, -0.1) is 11.7 Å². The van der Waals surface area contributed by atoms with Gasteiger partial charge in [-0.3, -0.25) is 9.48 Å². The van der Waals surface area contributed by atoms with Crippen LogP contribution in [0, 0.1) is 5.92 Å². The summed E-state index contributed by atoms with van der Waals surface area (Å²) in [6.07, 6.45) is 8.33. The summed E-state index contributed by atoms with van der Waals surface area (Å²) < 4.78 is 1.70. The monoisotopic (exact) mass is 416 g/mol. The summed E-state index contributed by atoms with van der Waals surface area (Å²) in [5.74, 6) is -0.834. The number of aryl methyl sites for hydroxylation is 1. The fraction of sp³-hybridized carbons (Fsp3) is 0.381. The minimum absolute atomic E-state index is 0.0388. The number of rotatable bonds is 9. The largest absolute Gasteiger partial charge is 0.396 e. The standard InChI is InChI=1S/C21H25ClN4O3/c1-3-10-26-19-8-7-16(22)13-18(19)21(29,20(26)28)15(2)6-4-5-11-25-14-17(9-12-27)23-24-25/h3-4,6-8,13-15,27,29H,1,5,9-12H2,2H3/b6-4+/t15-,21+/m1/s1. The number of hydrogen-bond acceptors (Lipinski definition) is 5. The minimum Gasteiger partial charge on any atom is -0.396 e. The van der Waals surface area contributed by atoms with Crippen molar-refractivity contribution in [1.82, 2.24) is 15.0 Å². The summed E-state index contributed by atoms with van der Waals surface area (Å²) in [6.45, 7) is 6.48. The third kappa shape index (κ3) is 4.12. The molecule has 0 saturated heterocycles. The van der Waals surface area contributed by atoms with Crippen LogP contribution in [-0.2, 0) is 23.4 Å². The number of carbonyl (C=O) groups excluding carboxylic acids is 1. The van der Waals surface area contributed by atoms with Crippen molar-refractivity contribution < 1.29 is 15.0 Å². The molecule has 0 radical (unpaired) electrons. The molecule has 1 aromatic heterocycles. The van der Waals surface area contributed by atoms with Crippen molar-refractivity contribution in [3.8, 4) is 0 Å². The molecular weight excluding hydrogens is 392 g/mol. The smallest absolute Gasteiger partial charge is 0.264 e. The lowest BCUT2D eigenvalue weighted by atomic mass is 9.83. The van der Waals surface area contributed by atoms with Gasteiger partial charge in [-0.2, -0.15) is 0 Å². The maximum atomic E-state index is 13.1. The Labute approximate surface area is 174 Å². The number of fused-ring (bicyclic) bond motifs is 1. The first kappa shape index (κ1) is 21.2. The van der Waals surface area contributed by atoms with Crippen LogP contribution in [0.3, 0.4) is 0 Å². The van der Waals surface area contributed by atoms with E-state index in [1.165, 1.54) is 4.90 Å². The molecule has 154 valence electrons. The Morgan fingerprint density at radius 3 is 2.93 bits per heavy atom. The molecule has 0 spiro atoms. The van der Waals surface area contributed by atoms with Gasteiger partial charge in [0.25, 0.3) is 5.91 Å². The molecule has 0 unspecified atom stereocenters. The number of benzene rings is 1. The van der Waals surface area contributed by atoms with Crippen LogP contribution in [0.15, 0.2) is 49.2 Å². The fourth-order valence-electron chi connectivity index (χ4n) is 3.55. The molecular formula is C21H25ClN4O3. The average Bonchev–Trinajstić information content (AvgIpc) is 3.23. The van der Waals surface area contributed by atoms with Gasteiger partial charge >= 0.3 is 0 Å². The summed E-state index contributed by atoms with van der Waals surface area (Å²) in [7, 11) is 0. The van der Waals surface area contributed by atoms with Crippen molar-refractivity contribution in [2.45, 2.75) is 31.9 Å². The van der Waals surface area contributed by atoms with Crippen LogP contribution in [0.1, 0.15) is 24.6 Å². The third-order valence-electron chi connectivity index (χ3n) is 5.11. The van der Waals surface area contributed by atoms with Crippen molar-refractivity contribution in [3.05, 3.63) is 65.5 Å². The molecule has 0 aliphatic carbocycles. The number of nitrogens with zero attached hydrogens (tertiary/aromatic N) is 4. The number of aliphatic hydroxyl groups is 2. The van der Waals surface area contributed by atoms with Gasteiger partial charge in [0.05, 0.1) is 11.4 Å². The molecule has 7 nitrogen and oxygen atoms in total. The molecule has 0 bridgehead atoms. The fourth-order valence-corrected chi connectivity index (χ4v) is 3.73. The quantitative estimate of drug-likeness (QED) is 0.613. The molecule has 1 amide bonds. The van der Waals surface area contributed by atoms with E-state index in [0.717, 1.165) is 5.69 Å². The molecule has 1 aromatic carbocycles. The maximum Gasteiger partial charge on any atom is 0.264 e. The zero-order valence-corrected chi connectivity index (χ0v) is 17.1. The van der Waals surface area contributed by atoms with Crippen molar-refractivity contribution in [2.75, 3.05) is 18.1 Å². The molecule has 0 saturated carbocycles. The van der Waals surface area contributed by atoms with Crippen molar-refractivity contribution >= 4 is 23.2 Å². The van der Waals surface area contributed by atoms with Gasteiger partial charge in [-0.25, -0.2) is 0 Å². The zero-order valence-electron chi connectivity index (χ0n) is 16.3. The summed E-state index contributed by atoms with van der Waals surface area (Å²) in [5, 5.41) is 28.8. The van der Waals surface area contributed by atoms with Crippen LogP contribution in [0.25, 0.3) is 0 Å². The minimum atomic E-state index is -1.68. The first-order valence-corrected chi connectivity index (χ1v) is 9.91. The topological polar surface area (TPSA) is 91.5 Å². The average molecular weight is 417 g/mol. The SMILES string of the molecule is C=CCN1C(=O)[C@](O)([C@H](C)/C=C/CCn2cc(CCO)nn2)c2cc(Cl)ccc21. The summed E-state index contributed by atoms with van der Waals surface area (Å²) in [6, 6.07) is 5.11. The number of carbonyl (C=O) groups is 1. The second kappa shape index (κ2) is 8.90. The van der Waals surface area contributed by atoms with E-state index in [1.54, 1.807) is 35.2 Å². The Balaban J connectivity index is 1.74. The highest BCUT2D eigenvalue weighted by atomic mass is 35.5. The van der Waals surface area contributed by atoms with Crippen molar-refractivity contribution in [1.29, 1.82) is 0 Å². The second-order valence-corrected chi connectivity index (χ2v) is 7.52. The van der Waals surface area contributed by atoms with Crippen LogP contribution < -0.4 is 4.90 Å². The van der Waals surface area contributed by atoms with Crippen molar-refractivity contribution in [2.24, 2.45) is 5.92 Å². The summed E-state index contributed by atoms with van der Waals surface area (Å²) >= 11 is 6.14. The van der Waals surface area contributed by atoms with Gasteiger partial charge in [0, 0.05) is 48.8 Å². The predicted molar refractivity (Wildman–Crippen MR) is 112 cm³/mol. The van der Waals surface area contributed by atoms with E-state index < -0.39 is 11.5 Å². The van der Waals surface area contributed by atoms with E-state index in [0.29, 0.717) is 42.2 Å². The molecule has 2 aromatic rings. The Morgan fingerprint density at radius 1 is 1.41 bits per heavy atom. The number of aromatic nitrogens is 3. The maximum absolute atomic E-state index is 13.1. The number of amides is 1. The van der Waals surface area contributed by atoms with Gasteiger partial charge in [0.1, 0.15) is 0 Å². The Kier molecular flexibility index (Phi) is 6.52. The molecule has 1 aliphatic heterocycles. The molecule has 2 N–H and O–H groups in total. The number of anilines is 1. The Morgan fingerprint density at radius 2 is 2.21 bits per heavy atom. The van der Waals surface area contributed by atoms with Gasteiger partial charge in [0.15, 0.2) is 5.60 Å². The molecule has 3 rings (SSSR count).